The number of carbonyl (C=O) groups is 2. The van der Waals surface area contributed by atoms with Gasteiger partial charge in [0.15, 0.2) is 11.5 Å². The molecule has 4 fully saturated rings. The van der Waals surface area contributed by atoms with Gasteiger partial charge in [-0.1, -0.05) is 32.4 Å². The van der Waals surface area contributed by atoms with E-state index in [1.165, 1.54) is 12.7 Å². The van der Waals surface area contributed by atoms with Crippen molar-refractivity contribution in [1.29, 1.82) is 0 Å². The molecular weight excluding hydrogens is 907 g/mol. The molecule has 360 valence electrons. The predicted octanol–water partition coefficient (Wildman–Crippen LogP) is 5.52. The third kappa shape index (κ3) is 16.7. The van der Waals surface area contributed by atoms with Crippen molar-refractivity contribution in [3.05, 3.63) is 77.0 Å². The average molecular weight is 974 g/mol. The Morgan fingerprint density at radius 1 is 0.657 bits per heavy atom. The van der Waals surface area contributed by atoms with Gasteiger partial charge in [-0.15, -0.1) is 5.60 Å². The number of hydrogen-bond acceptors (Lipinski definition) is 15. The number of aromatic nitrogens is 6. The summed E-state index contributed by atoms with van der Waals surface area (Å²) in [4.78, 5) is 52.7. The SMILES string of the molecule is CC(C)(C)OC(=O)N1CC2CC1[C@@H](O)C2.CC(C)(C)[O-].Cc1ncccc1Oc1ncnc(Cl)c1C.Cc1ncccc1Oc1ncnc(O[C@H]2CC3CC2N(C(=O)OC(C)(C)C)C3)c1C.[K+]. The summed E-state index contributed by atoms with van der Waals surface area (Å²) in [6.07, 6.45) is 8.78. The van der Waals surface area contributed by atoms with Gasteiger partial charge < -0.3 is 43.7 Å². The van der Waals surface area contributed by atoms with Crippen LogP contribution in [0.2, 0.25) is 5.15 Å². The topological polar surface area (TPSA) is 207 Å². The van der Waals surface area contributed by atoms with Gasteiger partial charge in [0.05, 0.1) is 35.1 Å². The van der Waals surface area contributed by atoms with Gasteiger partial charge in [-0.05, 0) is 131 Å². The summed E-state index contributed by atoms with van der Waals surface area (Å²) in [7, 11) is 0. The molecule has 4 aromatic heterocycles. The van der Waals surface area contributed by atoms with E-state index < -0.39 is 16.8 Å². The van der Waals surface area contributed by atoms with Gasteiger partial charge >= 0.3 is 63.6 Å². The van der Waals surface area contributed by atoms with Gasteiger partial charge in [-0.2, -0.15) is 0 Å². The minimum Gasteiger partial charge on any atom is -0.850 e. The Hall–Kier alpha value is -3.75. The van der Waals surface area contributed by atoms with Crippen molar-refractivity contribution in [3.63, 3.8) is 0 Å². The molecule has 2 amide bonds. The summed E-state index contributed by atoms with van der Waals surface area (Å²) in [6, 6.07) is 7.28. The number of rotatable bonds is 6. The van der Waals surface area contributed by atoms with Crippen molar-refractivity contribution in [2.24, 2.45) is 11.8 Å². The van der Waals surface area contributed by atoms with Crippen molar-refractivity contribution in [2.45, 2.75) is 157 Å². The van der Waals surface area contributed by atoms with Crippen molar-refractivity contribution in [3.8, 4) is 29.1 Å². The first kappa shape index (κ1) is 55.8. The van der Waals surface area contributed by atoms with E-state index in [0.29, 0.717) is 57.3 Å². The number of aliphatic hydroxyl groups excluding tert-OH is 1. The molecule has 4 unspecified atom stereocenters. The third-order valence-corrected chi connectivity index (χ3v) is 11.1. The smallest absolute Gasteiger partial charge is 0.850 e. The van der Waals surface area contributed by atoms with E-state index in [0.717, 1.165) is 50.2 Å². The Morgan fingerprint density at radius 2 is 1.09 bits per heavy atom. The van der Waals surface area contributed by atoms with Gasteiger partial charge in [0.1, 0.15) is 35.1 Å². The zero-order valence-electron chi connectivity index (χ0n) is 41.5. The standard InChI is InChI=1S/C22H28N4O4.C11H10ClN3O.C11H19NO3.C4H9O.K/c1-13-19(28-17-7-6-8-23-14(17)2)24-12-25-20(13)29-18-10-15-9-16(18)26(11-15)21(27)30-22(3,4)5;1-7-10(12)14-6-15-11(7)16-9-4-3-5-13-8(9)2;1-11(2,3)15-10(14)12-6-7-4-8(12)9(13)5-7;1-4(2,3)5;/h6-8,12,15-16,18H,9-11H2,1-5H3;3-6H,1-2H3;7-9,13H,4-6H2,1-3H3;1-3H3;/q;;;-1;+1/t15?,16?,18-;;7?,8?,9-;;/m0.0../s1. The number of pyridine rings is 2. The molecule has 0 aromatic carbocycles. The molecule has 2 aliphatic heterocycles. The molecule has 0 spiro atoms. The predicted molar refractivity (Wildman–Crippen MR) is 246 cm³/mol. The maximum atomic E-state index is 12.6. The summed E-state index contributed by atoms with van der Waals surface area (Å²) in [5.41, 5.74) is 1.29. The number of piperidine rings is 2. The second-order valence-electron chi connectivity index (χ2n) is 20.0. The van der Waals surface area contributed by atoms with E-state index in [1.54, 1.807) is 49.0 Å². The van der Waals surface area contributed by atoms with E-state index in [9.17, 15) is 19.8 Å². The number of likely N-dealkylation sites (tertiary alicyclic amines) is 2. The molecule has 4 aliphatic rings. The molecule has 19 heteroatoms. The summed E-state index contributed by atoms with van der Waals surface area (Å²) in [5.74, 6) is 3.56. The largest absolute Gasteiger partial charge is 1.00 e. The molecule has 8 rings (SSSR count). The molecule has 6 heterocycles. The number of carbonyl (C=O) groups excluding carboxylic acids is 2. The Balaban J connectivity index is 0.000000224. The number of aliphatic hydroxyl groups is 1. The van der Waals surface area contributed by atoms with Gasteiger partial charge in [0.2, 0.25) is 17.6 Å². The molecule has 17 nitrogen and oxygen atoms in total. The first-order valence-electron chi connectivity index (χ1n) is 22.3. The van der Waals surface area contributed by atoms with E-state index in [4.69, 9.17) is 35.3 Å². The Bertz CT molecular complexity index is 2280. The molecule has 2 aliphatic carbocycles. The first-order valence-corrected chi connectivity index (χ1v) is 22.7. The van der Waals surface area contributed by atoms with Crippen LogP contribution in [0, 0.1) is 39.5 Å². The van der Waals surface area contributed by atoms with Gasteiger partial charge in [0, 0.05) is 31.0 Å². The van der Waals surface area contributed by atoms with Gasteiger partial charge in [-0.3, -0.25) is 9.97 Å². The number of fused-ring (bicyclic) bond motifs is 4. The van der Waals surface area contributed by atoms with Gasteiger partial charge in [0.25, 0.3) is 0 Å². The Labute approximate surface area is 442 Å². The van der Waals surface area contributed by atoms with Crippen LogP contribution >= 0.6 is 11.6 Å². The van der Waals surface area contributed by atoms with Crippen LogP contribution in [0.4, 0.5) is 9.59 Å². The summed E-state index contributed by atoms with van der Waals surface area (Å²) in [5, 5.41) is 20.2. The van der Waals surface area contributed by atoms with Crippen molar-refractivity contribution in [1.82, 2.24) is 39.7 Å². The molecule has 6 atom stereocenters. The van der Waals surface area contributed by atoms with Crippen molar-refractivity contribution >= 4 is 23.8 Å². The van der Waals surface area contributed by atoms with Crippen LogP contribution < -0.4 is 70.7 Å². The maximum Gasteiger partial charge on any atom is 1.00 e. The van der Waals surface area contributed by atoms with Gasteiger partial charge in [-0.25, -0.2) is 29.5 Å². The molecule has 0 radical (unpaired) electrons. The fourth-order valence-electron chi connectivity index (χ4n) is 7.81. The van der Waals surface area contributed by atoms with Crippen LogP contribution in [-0.4, -0.2) is 111 Å². The van der Waals surface area contributed by atoms with Crippen LogP contribution in [0.3, 0.4) is 0 Å². The monoisotopic (exact) mass is 972 g/mol. The van der Waals surface area contributed by atoms with Crippen LogP contribution in [-0.2, 0) is 9.47 Å². The number of aryl methyl sites for hydroxylation is 2. The van der Waals surface area contributed by atoms with E-state index >= 15 is 0 Å². The zero-order valence-corrected chi connectivity index (χ0v) is 45.4. The van der Waals surface area contributed by atoms with Crippen LogP contribution in [0.1, 0.15) is 111 Å². The molecule has 2 saturated heterocycles. The summed E-state index contributed by atoms with van der Waals surface area (Å²) in [6.45, 7) is 25.0. The summed E-state index contributed by atoms with van der Waals surface area (Å²) >= 11 is 5.87. The second kappa shape index (κ2) is 23.7. The molecule has 4 aromatic rings. The normalized spacial score (nSPS) is 21.3. The van der Waals surface area contributed by atoms with Crippen LogP contribution in [0.25, 0.3) is 0 Å². The van der Waals surface area contributed by atoms with Crippen molar-refractivity contribution in [2.75, 3.05) is 13.1 Å². The minimum absolute atomic E-state index is 0. The van der Waals surface area contributed by atoms with E-state index in [2.05, 4.69) is 29.9 Å². The number of ether oxygens (including phenoxy) is 5. The quantitative estimate of drug-likeness (QED) is 0.187. The fraction of sp³-hybridized carbons (Fsp3) is 0.583. The number of hydrogen-bond donors (Lipinski definition) is 1. The molecule has 4 bridgehead atoms. The molecule has 67 heavy (non-hydrogen) atoms. The first-order chi connectivity index (χ1) is 30.8. The number of nitrogens with zero attached hydrogens (tertiary/aromatic N) is 8. The van der Waals surface area contributed by atoms with Crippen LogP contribution in [0.5, 0.6) is 29.1 Å². The second-order valence-corrected chi connectivity index (χ2v) is 20.4. The zero-order chi connectivity index (χ0) is 48.7. The van der Waals surface area contributed by atoms with E-state index in [1.807, 2.05) is 87.4 Å². The average Bonchev–Trinajstić information content (AvgIpc) is 4.00. The fourth-order valence-corrected chi connectivity index (χ4v) is 7.93. The maximum absolute atomic E-state index is 12.6. The molecule has 1 N–H and O–H groups in total. The van der Waals surface area contributed by atoms with E-state index in [-0.39, 0.29) is 87.9 Å². The summed E-state index contributed by atoms with van der Waals surface area (Å²) < 4.78 is 28.7. The molecule has 2 saturated carbocycles. The number of halogens is 1. The van der Waals surface area contributed by atoms with Crippen LogP contribution in [0.15, 0.2) is 49.3 Å². The third-order valence-electron chi connectivity index (χ3n) is 10.7. The minimum atomic E-state index is -0.750. The Kier molecular flexibility index (Phi) is 19.8. The number of amides is 2. The molecular formula is C48H66ClKN8O9. The van der Waals surface area contributed by atoms with Crippen molar-refractivity contribution < 1.29 is 94.9 Å². The Morgan fingerprint density at radius 3 is 1.54 bits per heavy atom.